The molecule has 1 aliphatic rings. The zero-order valence-electron chi connectivity index (χ0n) is 14.7. The van der Waals surface area contributed by atoms with Gasteiger partial charge in [-0.1, -0.05) is 36.4 Å². The predicted molar refractivity (Wildman–Crippen MR) is 100 cm³/mol. The number of rotatable bonds is 7. The van der Waals surface area contributed by atoms with Crippen molar-refractivity contribution in [2.45, 2.75) is 25.7 Å². The van der Waals surface area contributed by atoms with Gasteiger partial charge in [-0.05, 0) is 62.4 Å². The molecule has 4 nitrogen and oxygen atoms in total. The largest absolute Gasteiger partial charge is 0.349 e. The first-order chi connectivity index (χ1) is 12.3. The number of carbonyl (C=O) groups excluding carboxylic acids is 1. The van der Waals surface area contributed by atoms with Crippen LogP contribution in [0, 0.1) is 5.92 Å². The Balaban J connectivity index is 1.31. The van der Waals surface area contributed by atoms with Gasteiger partial charge < -0.3 is 10.2 Å². The summed E-state index contributed by atoms with van der Waals surface area (Å²) < 4.78 is 0. The van der Waals surface area contributed by atoms with Gasteiger partial charge in [0.2, 0.25) is 0 Å². The molecule has 132 valence electrons. The second-order valence-corrected chi connectivity index (χ2v) is 6.78. The fourth-order valence-electron chi connectivity index (χ4n) is 3.43. The summed E-state index contributed by atoms with van der Waals surface area (Å²) in [4.78, 5) is 18.5. The average Bonchev–Trinajstić information content (AvgIpc) is 2.69. The summed E-state index contributed by atoms with van der Waals surface area (Å²) in [5, 5.41) is 2.96. The van der Waals surface area contributed by atoms with E-state index in [2.05, 4.69) is 45.5 Å². The van der Waals surface area contributed by atoms with E-state index in [9.17, 15) is 4.79 Å². The highest BCUT2D eigenvalue weighted by Crippen LogP contribution is 2.22. The van der Waals surface area contributed by atoms with Gasteiger partial charge in [0.05, 0.1) is 0 Å². The summed E-state index contributed by atoms with van der Waals surface area (Å²) in [6, 6.07) is 16.2. The second kappa shape index (κ2) is 9.33. The third-order valence-corrected chi connectivity index (χ3v) is 5.00. The van der Waals surface area contributed by atoms with Crippen LogP contribution in [0.2, 0.25) is 0 Å². The maximum absolute atomic E-state index is 12.0. The van der Waals surface area contributed by atoms with E-state index in [1.165, 1.54) is 31.2 Å². The number of carbonyl (C=O) groups is 1. The number of nitrogens with one attached hydrogen (secondary N) is 1. The second-order valence-electron chi connectivity index (χ2n) is 6.78. The molecule has 1 aromatic carbocycles. The summed E-state index contributed by atoms with van der Waals surface area (Å²) in [6.45, 7) is 3.88. The molecule has 3 rings (SSSR count). The Labute approximate surface area is 150 Å². The summed E-state index contributed by atoms with van der Waals surface area (Å²) in [6.07, 6.45) is 6.65. The fourth-order valence-corrected chi connectivity index (χ4v) is 3.43. The lowest BCUT2D eigenvalue weighted by Crippen LogP contribution is -2.39. The zero-order chi connectivity index (χ0) is 17.3. The van der Waals surface area contributed by atoms with Crippen LogP contribution in [0.5, 0.6) is 0 Å². The summed E-state index contributed by atoms with van der Waals surface area (Å²) >= 11 is 0. The molecular weight excluding hydrogens is 310 g/mol. The van der Waals surface area contributed by atoms with Crippen LogP contribution in [0.15, 0.2) is 54.7 Å². The summed E-state index contributed by atoms with van der Waals surface area (Å²) in [7, 11) is 0. The minimum atomic E-state index is -0.0849. The molecule has 2 aromatic rings. The number of amides is 1. The van der Waals surface area contributed by atoms with Crippen LogP contribution in [0.4, 0.5) is 0 Å². The summed E-state index contributed by atoms with van der Waals surface area (Å²) in [5.74, 6) is 0.748. The van der Waals surface area contributed by atoms with Gasteiger partial charge in [-0.15, -0.1) is 0 Å². The number of benzene rings is 1. The molecule has 1 fully saturated rings. The fraction of sp³-hybridized carbons (Fsp3) is 0.429. The van der Waals surface area contributed by atoms with Gasteiger partial charge >= 0.3 is 0 Å². The highest BCUT2D eigenvalue weighted by atomic mass is 16.1. The van der Waals surface area contributed by atoms with E-state index in [0.29, 0.717) is 12.2 Å². The molecule has 4 heteroatoms. The molecule has 0 radical (unpaired) electrons. The van der Waals surface area contributed by atoms with Crippen LogP contribution in [-0.4, -0.2) is 42.0 Å². The van der Waals surface area contributed by atoms with Gasteiger partial charge in [0, 0.05) is 19.3 Å². The Bertz CT molecular complexity index is 637. The highest BCUT2D eigenvalue weighted by molar-refractivity contribution is 5.92. The predicted octanol–water partition coefficient (Wildman–Crippen LogP) is 3.16. The highest BCUT2D eigenvalue weighted by Gasteiger charge is 2.19. The lowest BCUT2D eigenvalue weighted by molar-refractivity contribution is 0.0938. The maximum Gasteiger partial charge on any atom is 0.269 e. The molecule has 25 heavy (non-hydrogen) atoms. The number of nitrogens with zero attached hydrogens (tertiary/aromatic N) is 2. The van der Waals surface area contributed by atoms with E-state index in [1.54, 1.807) is 12.3 Å². The van der Waals surface area contributed by atoms with Crippen molar-refractivity contribution in [2.75, 3.05) is 26.2 Å². The molecule has 1 aliphatic heterocycles. The van der Waals surface area contributed by atoms with E-state index in [4.69, 9.17) is 0 Å². The minimum absolute atomic E-state index is 0.0849. The molecular formula is C21H27N3O. The van der Waals surface area contributed by atoms with Crippen molar-refractivity contribution in [3.8, 4) is 0 Å². The third-order valence-electron chi connectivity index (χ3n) is 5.00. The first-order valence-corrected chi connectivity index (χ1v) is 9.27. The van der Waals surface area contributed by atoms with Crippen LogP contribution in [-0.2, 0) is 6.42 Å². The maximum atomic E-state index is 12.0. The van der Waals surface area contributed by atoms with Crippen LogP contribution in [0.3, 0.4) is 0 Å². The first-order valence-electron chi connectivity index (χ1n) is 9.27. The Kier molecular flexibility index (Phi) is 6.57. The third kappa shape index (κ3) is 5.68. The van der Waals surface area contributed by atoms with Crippen LogP contribution < -0.4 is 5.32 Å². The molecule has 1 aromatic heterocycles. The van der Waals surface area contributed by atoms with Crippen molar-refractivity contribution in [1.29, 1.82) is 0 Å². The van der Waals surface area contributed by atoms with Gasteiger partial charge in [-0.3, -0.25) is 9.78 Å². The lowest BCUT2D eigenvalue weighted by atomic mass is 9.90. The number of pyridine rings is 1. The summed E-state index contributed by atoms with van der Waals surface area (Å²) in [5.41, 5.74) is 1.93. The SMILES string of the molecule is O=C(NCCN1CCC(CCc2ccccc2)CC1)c1ccccn1. The van der Waals surface area contributed by atoms with E-state index in [1.807, 2.05) is 12.1 Å². The molecule has 0 unspecified atom stereocenters. The van der Waals surface area contributed by atoms with Gasteiger partial charge in [0.1, 0.15) is 5.69 Å². The molecule has 1 saturated heterocycles. The van der Waals surface area contributed by atoms with E-state index in [-0.39, 0.29) is 5.91 Å². The van der Waals surface area contributed by atoms with Crippen molar-refractivity contribution in [2.24, 2.45) is 5.92 Å². The molecule has 0 saturated carbocycles. The van der Waals surface area contributed by atoms with Crippen LogP contribution in [0.25, 0.3) is 0 Å². The zero-order valence-corrected chi connectivity index (χ0v) is 14.7. The number of likely N-dealkylation sites (tertiary alicyclic amines) is 1. The number of hydrogen-bond acceptors (Lipinski definition) is 3. The average molecular weight is 337 g/mol. The number of piperidine rings is 1. The van der Waals surface area contributed by atoms with Crippen LogP contribution >= 0.6 is 0 Å². The molecule has 2 heterocycles. The Morgan fingerprint density at radius 2 is 1.84 bits per heavy atom. The minimum Gasteiger partial charge on any atom is -0.349 e. The first kappa shape index (κ1) is 17.6. The van der Waals surface area contributed by atoms with Gasteiger partial charge in [0.15, 0.2) is 0 Å². The van der Waals surface area contributed by atoms with Crippen molar-refractivity contribution in [1.82, 2.24) is 15.2 Å². The normalized spacial score (nSPS) is 15.8. The molecule has 0 aliphatic carbocycles. The van der Waals surface area contributed by atoms with Gasteiger partial charge in [-0.2, -0.15) is 0 Å². The molecule has 0 bridgehead atoms. The topological polar surface area (TPSA) is 45.2 Å². The van der Waals surface area contributed by atoms with Gasteiger partial charge in [0.25, 0.3) is 5.91 Å². The van der Waals surface area contributed by atoms with Crippen LogP contribution in [0.1, 0.15) is 35.3 Å². The van der Waals surface area contributed by atoms with Crippen molar-refractivity contribution >= 4 is 5.91 Å². The Morgan fingerprint density at radius 1 is 1.08 bits per heavy atom. The van der Waals surface area contributed by atoms with E-state index >= 15 is 0 Å². The smallest absolute Gasteiger partial charge is 0.269 e. The van der Waals surface area contributed by atoms with Crippen molar-refractivity contribution in [3.63, 3.8) is 0 Å². The standard InChI is InChI=1S/C21H27N3O/c25-21(20-8-4-5-13-22-20)23-14-17-24-15-11-19(12-16-24)10-9-18-6-2-1-3-7-18/h1-8,13,19H,9-12,14-17H2,(H,23,25). The molecule has 1 amide bonds. The quantitative estimate of drug-likeness (QED) is 0.844. The number of hydrogen-bond donors (Lipinski definition) is 1. The number of aryl methyl sites for hydroxylation is 1. The Morgan fingerprint density at radius 3 is 2.56 bits per heavy atom. The van der Waals surface area contributed by atoms with E-state index in [0.717, 1.165) is 25.6 Å². The van der Waals surface area contributed by atoms with E-state index < -0.39 is 0 Å². The molecule has 1 N–H and O–H groups in total. The Hall–Kier alpha value is -2.20. The van der Waals surface area contributed by atoms with Gasteiger partial charge in [-0.25, -0.2) is 0 Å². The monoisotopic (exact) mass is 337 g/mol. The number of aromatic nitrogens is 1. The lowest BCUT2D eigenvalue weighted by Gasteiger charge is -2.32. The van der Waals surface area contributed by atoms with Crippen molar-refractivity contribution < 1.29 is 4.79 Å². The van der Waals surface area contributed by atoms with Crippen molar-refractivity contribution in [3.05, 3.63) is 66.0 Å². The molecule has 0 spiro atoms. The molecule has 0 atom stereocenters.